The van der Waals surface area contributed by atoms with Gasteiger partial charge < -0.3 is 0 Å². The van der Waals surface area contributed by atoms with E-state index in [1.165, 1.54) is 11.1 Å². The molecule has 2 aromatic carbocycles. The Morgan fingerprint density at radius 3 is 2.30 bits per heavy atom. The highest BCUT2D eigenvalue weighted by atomic mass is 32.2. The number of aromatic amines is 1. The van der Waals surface area contributed by atoms with Gasteiger partial charge in [-0.2, -0.15) is 0 Å². The van der Waals surface area contributed by atoms with Crippen LogP contribution in [0.15, 0.2) is 59.8 Å². The van der Waals surface area contributed by atoms with Gasteiger partial charge in [-0.15, -0.1) is 5.10 Å². The number of thioether (sulfide) groups is 1. The lowest BCUT2D eigenvalue weighted by atomic mass is 9.87. The van der Waals surface area contributed by atoms with E-state index in [1.54, 1.807) is 11.8 Å². The van der Waals surface area contributed by atoms with Gasteiger partial charge in [0.15, 0.2) is 5.82 Å². The van der Waals surface area contributed by atoms with Gasteiger partial charge in [0.05, 0.1) is 0 Å². The van der Waals surface area contributed by atoms with E-state index in [1.807, 2.05) is 6.07 Å². The molecule has 0 aliphatic carbocycles. The third-order valence-corrected chi connectivity index (χ3v) is 4.62. The SMILES string of the molecule is CC(C)(C)c1ccc(-c2nc(SCc3ccccc3)n[nH]2)cc1. The van der Waals surface area contributed by atoms with Crippen LogP contribution in [0, 0.1) is 0 Å². The lowest BCUT2D eigenvalue weighted by molar-refractivity contribution is 0.590. The zero-order valence-electron chi connectivity index (χ0n) is 13.7. The summed E-state index contributed by atoms with van der Waals surface area (Å²) in [6.45, 7) is 6.65. The van der Waals surface area contributed by atoms with Crippen LogP contribution in [0.4, 0.5) is 0 Å². The molecular formula is C19H21N3S. The summed E-state index contributed by atoms with van der Waals surface area (Å²) >= 11 is 1.64. The molecule has 3 nitrogen and oxygen atoms in total. The van der Waals surface area contributed by atoms with Crippen LogP contribution in [-0.4, -0.2) is 15.2 Å². The Morgan fingerprint density at radius 2 is 1.65 bits per heavy atom. The third-order valence-electron chi connectivity index (χ3n) is 3.70. The van der Waals surface area contributed by atoms with Crippen molar-refractivity contribution >= 4 is 11.8 Å². The van der Waals surface area contributed by atoms with E-state index in [0.29, 0.717) is 0 Å². The van der Waals surface area contributed by atoms with Crippen LogP contribution < -0.4 is 0 Å². The molecule has 0 saturated heterocycles. The smallest absolute Gasteiger partial charge is 0.209 e. The van der Waals surface area contributed by atoms with Crippen molar-refractivity contribution in [2.45, 2.75) is 37.1 Å². The molecule has 0 amide bonds. The number of rotatable bonds is 4. The molecule has 1 N–H and O–H groups in total. The zero-order chi connectivity index (χ0) is 16.3. The molecule has 0 saturated carbocycles. The van der Waals surface area contributed by atoms with Crippen LogP contribution in [0.1, 0.15) is 31.9 Å². The second kappa shape index (κ2) is 6.59. The van der Waals surface area contributed by atoms with Crippen LogP contribution >= 0.6 is 11.8 Å². The minimum Gasteiger partial charge on any atom is -0.258 e. The maximum atomic E-state index is 4.58. The van der Waals surface area contributed by atoms with E-state index >= 15 is 0 Å². The van der Waals surface area contributed by atoms with Crippen LogP contribution in [-0.2, 0) is 11.2 Å². The fourth-order valence-electron chi connectivity index (χ4n) is 2.29. The molecule has 0 unspecified atom stereocenters. The van der Waals surface area contributed by atoms with Crippen molar-refractivity contribution in [2.75, 3.05) is 0 Å². The first-order chi connectivity index (χ1) is 11.0. The molecule has 0 aliphatic rings. The monoisotopic (exact) mass is 323 g/mol. The van der Waals surface area contributed by atoms with Gasteiger partial charge in [-0.1, -0.05) is 87.1 Å². The molecular weight excluding hydrogens is 302 g/mol. The number of nitrogens with one attached hydrogen (secondary N) is 1. The summed E-state index contributed by atoms with van der Waals surface area (Å²) in [6.07, 6.45) is 0. The van der Waals surface area contributed by atoms with Crippen molar-refractivity contribution in [1.82, 2.24) is 15.2 Å². The molecule has 0 aliphatic heterocycles. The second-order valence-corrected chi connectivity index (χ2v) is 7.51. The molecule has 0 radical (unpaired) electrons. The Kier molecular flexibility index (Phi) is 4.53. The summed E-state index contributed by atoms with van der Waals surface area (Å²) in [5.41, 5.74) is 3.83. The molecule has 118 valence electrons. The van der Waals surface area contributed by atoms with Gasteiger partial charge in [0, 0.05) is 11.3 Å². The number of benzene rings is 2. The van der Waals surface area contributed by atoms with Crippen LogP contribution in [0.3, 0.4) is 0 Å². The number of hydrogen-bond acceptors (Lipinski definition) is 3. The van der Waals surface area contributed by atoms with Gasteiger partial charge in [0.1, 0.15) is 0 Å². The highest BCUT2D eigenvalue weighted by Gasteiger charge is 2.14. The summed E-state index contributed by atoms with van der Waals surface area (Å²) in [7, 11) is 0. The normalized spacial score (nSPS) is 11.6. The van der Waals surface area contributed by atoms with Crippen molar-refractivity contribution < 1.29 is 0 Å². The van der Waals surface area contributed by atoms with Crippen LogP contribution in [0.5, 0.6) is 0 Å². The van der Waals surface area contributed by atoms with E-state index in [0.717, 1.165) is 22.3 Å². The Labute approximate surface area is 141 Å². The number of H-pyrrole nitrogens is 1. The lowest BCUT2D eigenvalue weighted by Crippen LogP contribution is -2.10. The van der Waals surface area contributed by atoms with Gasteiger partial charge in [0.2, 0.25) is 5.16 Å². The maximum absolute atomic E-state index is 4.58. The minimum absolute atomic E-state index is 0.163. The standard InChI is InChI=1S/C19H21N3S/c1-19(2,3)16-11-9-15(10-12-16)17-20-18(22-21-17)23-13-14-7-5-4-6-8-14/h4-12H,13H2,1-3H3,(H,20,21,22). The van der Waals surface area contributed by atoms with E-state index in [-0.39, 0.29) is 5.41 Å². The fraction of sp³-hybridized carbons (Fsp3) is 0.263. The highest BCUT2D eigenvalue weighted by molar-refractivity contribution is 7.98. The van der Waals surface area contributed by atoms with Gasteiger partial charge in [-0.25, -0.2) is 4.98 Å². The summed E-state index contributed by atoms with van der Waals surface area (Å²) in [6, 6.07) is 18.9. The van der Waals surface area contributed by atoms with E-state index in [4.69, 9.17) is 0 Å². The van der Waals surface area contributed by atoms with Crippen LogP contribution in [0.25, 0.3) is 11.4 Å². The Bertz CT molecular complexity index is 755. The van der Waals surface area contributed by atoms with Crippen molar-refractivity contribution in [3.63, 3.8) is 0 Å². The third kappa shape index (κ3) is 4.02. The Hall–Kier alpha value is -2.07. The summed E-state index contributed by atoms with van der Waals surface area (Å²) in [5, 5.41) is 8.12. The molecule has 3 rings (SSSR count). The van der Waals surface area contributed by atoms with Crippen molar-refractivity contribution in [1.29, 1.82) is 0 Å². The van der Waals surface area contributed by atoms with Crippen LogP contribution in [0.2, 0.25) is 0 Å². The second-order valence-electron chi connectivity index (χ2n) is 6.57. The molecule has 0 bridgehead atoms. The quantitative estimate of drug-likeness (QED) is 0.682. The molecule has 1 heterocycles. The molecule has 0 atom stereocenters. The van der Waals surface area contributed by atoms with Gasteiger partial charge in [-0.3, -0.25) is 5.10 Å². The topological polar surface area (TPSA) is 41.6 Å². The number of aromatic nitrogens is 3. The predicted molar refractivity (Wildman–Crippen MR) is 96.5 cm³/mol. The Balaban J connectivity index is 1.69. The number of nitrogens with zero attached hydrogens (tertiary/aromatic N) is 2. The van der Waals surface area contributed by atoms with Gasteiger partial charge >= 0.3 is 0 Å². The first kappa shape index (κ1) is 15.8. The predicted octanol–water partition coefficient (Wildman–Crippen LogP) is 5.06. The molecule has 23 heavy (non-hydrogen) atoms. The molecule has 4 heteroatoms. The summed E-state index contributed by atoms with van der Waals surface area (Å²) < 4.78 is 0. The lowest BCUT2D eigenvalue weighted by Gasteiger charge is -2.18. The molecule has 0 spiro atoms. The molecule has 0 fully saturated rings. The average molecular weight is 323 g/mol. The van der Waals surface area contributed by atoms with E-state index in [9.17, 15) is 0 Å². The largest absolute Gasteiger partial charge is 0.258 e. The maximum Gasteiger partial charge on any atom is 0.209 e. The first-order valence-electron chi connectivity index (χ1n) is 7.72. The Morgan fingerprint density at radius 1 is 0.957 bits per heavy atom. The summed E-state index contributed by atoms with van der Waals surface area (Å²) in [5.74, 6) is 1.70. The molecule has 1 aromatic heterocycles. The number of hydrogen-bond donors (Lipinski definition) is 1. The van der Waals surface area contributed by atoms with Crippen molar-refractivity contribution in [3.05, 3.63) is 65.7 Å². The summed E-state index contributed by atoms with van der Waals surface area (Å²) in [4.78, 5) is 4.58. The molecule has 3 aromatic rings. The van der Waals surface area contributed by atoms with Gasteiger partial charge in [0.25, 0.3) is 0 Å². The van der Waals surface area contributed by atoms with Gasteiger partial charge in [-0.05, 0) is 16.5 Å². The van der Waals surface area contributed by atoms with E-state index in [2.05, 4.69) is 84.5 Å². The minimum atomic E-state index is 0.163. The first-order valence-corrected chi connectivity index (χ1v) is 8.71. The highest BCUT2D eigenvalue weighted by Crippen LogP contribution is 2.26. The fourth-order valence-corrected chi connectivity index (χ4v) is 3.04. The van der Waals surface area contributed by atoms with Crippen molar-refractivity contribution in [3.8, 4) is 11.4 Å². The van der Waals surface area contributed by atoms with E-state index < -0.39 is 0 Å². The average Bonchev–Trinajstić information content (AvgIpc) is 3.02. The zero-order valence-corrected chi connectivity index (χ0v) is 14.5. The van der Waals surface area contributed by atoms with Crippen molar-refractivity contribution in [2.24, 2.45) is 0 Å².